The highest BCUT2D eigenvalue weighted by atomic mass is 35.5. The molecular weight excluding hydrogens is 474 g/mol. The van der Waals surface area contributed by atoms with Crippen molar-refractivity contribution >= 4 is 60.5 Å². The molecule has 1 amide bonds. The Morgan fingerprint density at radius 1 is 1.25 bits per heavy atom. The molecule has 0 aliphatic rings. The third kappa shape index (κ3) is 4.77. The standard InChI is InChI=1S/C21H24ClN3O5S2/c1-5-16(25(32(4,28)29)14-8-10-18(30-3)15(22)12-14)20(26)23-13-7-9-17-19(11-13)31-21(27)24(17)6-2/h7-12,16H,5-6H2,1-4H3,(H,23,26)/t16-/m0/s1. The number of anilines is 2. The van der Waals surface area contributed by atoms with Crippen molar-refractivity contribution in [1.29, 1.82) is 0 Å². The van der Waals surface area contributed by atoms with Crippen LogP contribution in [0.5, 0.6) is 5.75 Å². The Hall–Kier alpha value is -2.56. The van der Waals surface area contributed by atoms with Gasteiger partial charge < -0.3 is 10.1 Å². The zero-order valence-electron chi connectivity index (χ0n) is 18.1. The van der Waals surface area contributed by atoms with Gasteiger partial charge in [-0.2, -0.15) is 0 Å². The van der Waals surface area contributed by atoms with E-state index in [4.69, 9.17) is 16.3 Å². The van der Waals surface area contributed by atoms with E-state index in [0.717, 1.165) is 32.1 Å². The summed E-state index contributed by atoms with van der Waals surface area (Å²) >= 11 is 7.28. The van der Waals surface area contributed by atoms with Gasteiger partial charge in [-0.1, -0.05) is 29.9 Å². The summed E-state index contributed by atoms with van der Waals surface area (Å²) in [4.78, 5) is 25.2. The van der Waals surface area contributed by atoms with Gasteiger partial charge in [-0.05, 0) is 49.7 Å². The summed E-state index contributed by atoms with van der Waals surface area (Å²) in [5.74, 6) is -0.0980. The van der Waals surface area contributed by atoms with E-state index in [9.17, 15) is 18.0 Å². The van der Waals surface area contributed by atoms with Gasteiger partial charge in [0.2, 0.25) is 15.9 Å². The molecule has 1 N–H and O–H groups in total. The number of halogens is 1. The SMILES string of the molecule is CC[C@@H](C(=O)Nc1ccc2c(c1)sc(=O)n2CC)N(c1ccc(OC)c(Cl)c1)S(C)(=O)=O. The first kappa shape index (κ1) is 24.1. The number of ether oxygens (including phenoxy) is 1. The molecule has 8 nitrogen and oxygen atoms in total. The first-order valence-electron chi connectivity index (χ1n) is 9.87. The number of nitrogens with one attached hydrogen (secondary N) is 1. The minimum absolute atomic E-state index is 0.0722. The minimum atomic E-state index is -3.81. The van der Waals surface area contributed by atoms with Crippen LogP contribution in [-0.2, 0) is 21.4 Å². The van der Waals surface area contributed by atoms with E-state index in [1.807, 2.05) is 6.92 Å². The van der Waals surface area contributed by atoms with E-state index in [2.05, 4.69) is 5.32 Å². The Labute approximate surface area is 195 Å². The summed E-state index contributed by atoms with van der Waals surface area (Å²) in [6, 6.07) is 8.71. The zero-order chi connectivity index (χ0) is 23.6. The third-order valence-corrected chi connectivity index (χ3v) is 7.39. The molecule has 11 heteroatoms. The second kappa shape index (κ2) is 9.51. The van der Waals surface area contributed by atoms with Crippen LogP contribution in [0.3, 0.4) is 0 Å². The number of fused-ring (bicyclic) bond motifs is 1. The molecule has 1 aromatic heterocycles. The van der Waals surface area contributed by atoms with Gasteiger partial charge in [-0.15, -0.1) is 0 Å². The Kier molecular flexibility index (Phi) is 7.16. The summed E-state index contributed by atoms with van der Waals surface area (Å²) < 4.78 is 33.9. The van der Waals surface area contributed by atoms with Gasteiger partial charge in [-0.25, -0.2) is 8.42 Å². The Morgan fingerprint density at radius 3 is 2.53 bits per heavy atom. The highest BCUT2D eigenvalue weighted by Gasteiger charge is 2.32. The molecule has 2 aromatic carbocycles. The second-order valence-electron chi connectivity index (χ2n) is 7.09. The van der Waals surface area contributed by atoms with Crippen molar-refractivity contribution in [3.8, 4) is 5.75 Å². The van der Waals surface area contributed by atoms with Gasteiger partial charge in [0.15, 0.2) is 0 Å². The Balaban J connectivity index is 1.95. The van der Waals surface area contributed by atoms with Crippen LogP contribution in [0.1, 0.15) is 20.3 Å². The maximum absolute atomic E-state index is 13.1. The van der Waals surface area contributed by atoms with Crippen molar-refractivity contribution in [1.82, 2.24) is 4.57 Å². The van der Waals surface area contributed by atoms with Crippen LogP contribution in [0.25, 0.3) is 10.2 Å². The molecule has 3 rings (SSSR count). The zero-order valence-corrected chi connectivity index (χ0v) is 20.5. The van der Waals surface area contributed by atoms with E-state index in [0.29, 0.717) is 18.0 Å². The van der Waals surface area contributed by atoms with Crippen LogP contribution < -0.4 is 19.2 Å². The van der Waals surface area contributed by atoms with Crippen molar-refractivity contribution in [2.45, 2.75) is 32.9 Å². The molecule has 32 heavy (non-hydrogen) atoms. The molecule has 1 heterocycles. The van der Waals surface area contributed by atoms with Crippen LogP contribution >= 0.6 is 22.9 Å². The van der Waals surface area contributed by atoms with Crippen LogP contribution in [0.15, 0.2) is 41.2 Å². The number of rotatable bonds is 8. The summed E-state index contributed by atoms with van der Waals surface area (Å²) in [5.41, 5.74) is 1.53. The molecule has 0 radical (unpaired) electrons. The van der Waals surface area contributed by atoms with Crippen LogP contribution in [0.4, 0.5) is 11.4 Å². The number of carbonyl (C=O) groups is 1. The number of amides is 1. The van der Waals surface area contributed by atoms with Crippen LogP contribution in [0, 0.1) is 0 Å². The molecular formula is C21H24ClN3O5S2. The molecule has 0 aliphatic heterocycles. The monoisotopic (exact) mass is 497 g/mol. The maximum Gasteiger partial charge on any atom is 0.308 e. The third-order valence-electron chi connectivity index (χ3n) is 4.97. The lowest BCUT2D eigenvalue weighted by molar-refractivity contribution is -0.117. The fourth-order valence-electron chi connectivity index (χ4n) is 3.52. The lowest BCUT2D eigenvalue weighted by Crippen LogP contribution is -2.47. The van der Waals surface area contributed by atoms with Gasteiger partial charge in [0.1, 0.15) is 11.8 Å². The predicted molar refractivity (Wildman–Crippen MR) is 130 cm³/mol. The number of sulfonamides is 1. The normalized spacial score (nSPS) is 12.5. The average Bonchev–Trinajstić information content (AvgIpc) is 3.04. The number of hydrogen-bond donors (Lipinski definition) is 1. The Bertz CT molecular complexity index is 1320. The molecule has 0 saturated heterocycles. The van der Waals surface area contributed by atoms with Crippen LogP contribution in [0.2, 0.25) is 5.02 Å². The van der Waals surface area contributed by atoms with Gasteiger partial charge in [0.05, 0.1) is 34.3 Å². The lowest BCUT2D eigenvalue weighted by Gasteiger charge is -2.30. The van der Waals surface area contributed by atoms with Crippen molar-refractivity contribution in [2.24, 2.45) is 0 Å². The van der Waals surface area contributed by atoms with E-state index in [-0.39, 0.29) is 22.0 Å². The van der Waals surface area contributed by atoms with Gasteiger partial charge in [0, 0.05) is 12.2 Å². The number of methoxy groups -OCH3 is 1. The highest BCUT2D eigenvalue weighted by Crippen LogP contribution is 2.32. The number of hydrogen-bond acceptors (Lipinski definition) is 6. The lowest BCUT2D eigenvalue weighted by atomic mass is 10.1. The van der Waals surface area contributed by atoms with Crippen molar-refractivity contribution < 1.29 is 17.9 Å². The number of benzene rings is 2. The maximum atomic E-state index is 13.1. The average molecular weight is 498 g/mol. The Morgan fingerprint density at radius 2 is 1.97 bits per heavy atom. The van der Waals surface area contributed by atoms with Gasteiger partial charge >= 0.3 is 4.87 Å². The molecule has 0 unspecified atom stereocenters. The molecule has 0 bridgehead atoms. The van der Waals surface area contributed by atoms with E-state index in [1.54, 1.807) is 41.8 Å². The summed E-state index contributed by atoms with van der Waals surface area (Å²) in [5, 5.41) is 3.02. The summed E-state index contributed by atoms with van der Waals surface area (Å²) in [7, 11) is -2.35. The first-order chi connectivity index (χ1) is 15.1. The largest absolute Gasteiger partial charge is 0.495 e. The first-order valence-corrected chi connectivity index (χ1v) is 12.9. The molecule has 3 aromatic rings. The number of thiazole rings is 1. The molecule has 0 saturated carbocycles. The summed E-state index contributed by atoms with van der Waals surface area (Å²) in [6.45, 7) is 4.17. The number of nitrogens with zero attached hydrogens (tertiary/aromatic N) is 2. The minimum Gasteiger partial charge on any atom is -0.495 e. The number of aryl methyl sites for hydroxylation is 1. The smallest absolute Gasteiger partial charge is 0.308 e. The fraction of sp³-hybridized carbons (Fsp3) is 0.333. The number of aromatic nitrogens is 1. The van der Waals surface area contributed by atoms with E-state index < -0.39 is 22.0 Å². The van der Waals surface area contributed by atoms with Crippen molar-refractivity contribution in [3.05, 3.63) is 51.1 Å². The molecule has 0 aliphatic carbocycles. The highest BCUT2D eigenvalue weighted by molar-refractivity contribution is 7.92. The fourth-order valence-corrected chi connectivity index (χ4v) is 5.97. The van der Waals surface area contributed by atoms with Gasteiger partial charge in [0.25, 0.3) is 0 Å². The van der Waals surface area contributed by atoms with Gasteiger partial charge in [-0.3, -0.25) is 18.5 Å². The van der Waals surface area contributed by atoms with Crippen LogP contribution in [-0.4, -0.2) is 38.3 Å². The van der Waals surface area contributed by atoms with E-state index in [1.165, 1.54) is 13.2 Å². The topological polar surface area (TPSA) is 97.7 Å². The molecule has 0 fully saturated rings. The van der Waals surface area contributed by atoms with Crippen molar-refractivity contribution in [3.63, 3.8) is 0 Å². The quantitative estimate of drug-likeness (QED) is 0.508. The predicted octanol–water partition coefficient (Wildman–Crippen LogP) is 3.93. The van der Waals surface area contributed by atoms with Crippen molar-refractivity contribution in [2.75, 3.05) is 23.0 Å². The summed E-state index contributed by atoms with van der Waals surface area (Å²) in [6.07, 6.45) is 1.27. The second-order valence-corrected chi connectivity index (χ2v) is 10.3. The van der Waals surface area contributed by atoms with E-state index >= 15 is 0 Å². The molecule has 1 atom stereocenters. The number of carbonyl (C=O) groups excluding carboxylic acids is 1. The molecule has 0 spiro atoms. The molecule has 172 valence electrons.